The third-order valence-electron chi connectivity index (χ3n) is 2.45. The number of nitrogens with one attached hydrogen (secondary N) is 1. The molecular formula is C12H11N3O5S. The highest BCUT2D eigenvalue weighted by Crippen LogP contribution is 2.21. The number of carbonyl (C=O) groups is 2. The fraction of sp³-hybridized carbons (Fsp3) is 0.167. The highest BCUT2D eigenvalue weighted by atomic mass is 32.2. The second-order valence-corrected chi connectivity index (χ2v) is 4.98. The van der Waals surface area contributed by atoms with E-state index in [0.717, 1.165) is 11.8 Å². The van der Waals surface area contributed by atoms with Crippen LogP contribution in [0.25, 0.3) is 0 Å². The van der Waals surface area contributed by atoms with E-state index in [0.29, 0.717) is 5.69 Å². The fourth-order valence-electron chi connectivity index (χ4n) is 1.52. The van der Waals surface area contributed by atoms with E-state index in [1.807, 2.05) is 0 Å². The van der Waals surface area contributed by atoms with Crippen LogP contribution in [0.2, 0.25) is 0 Å². The Kier molecular flexibility index (Phi) is 4.43. The molecule has 110 valence electrons. The van der Waals surface area contributed by atoms with Crippen LogP contribution in [0.3, 0.4) is 0 Å². The lowest BCUT2D eigenvalue weighted by Crippen LogP contribution is -2.32. The maximum absolute atomic E-state index is 11.8. The molecule has 0 fully saturated rings. The van der Waals surface area contributed by atoms with Crippen LogP contribution in [0.1, 0.15) is 10.4 Å². The molecule has 0 aliphatic rings. The first kappa shape index (κ1) is 14.9. The molecule has 2 N–H and O–H groups in total. The van der Waals surface area contributed by atoms with Crippen molar-refractivity contribution >= 4 is 29.3 Å². The first-order valence-electron chi connectivity index (χ1n) is 5.76. The maximum Gasteiger partial charge on any atom is 0.335 e. The van der Waals surface area contributed by atoms with E-state index in [1.54, 1.807) is 6.07 Å². The van der Waals surface area contributed by atoms with Gasteiger partial charge in [0.1, 0.15) is 0 Å². The summed E-state index contributed by atoms with van der Waals surface area (Å²) in [6.07, 6.45) is 0. The first-order valence-corrected chi connectivity index (χ1v) is 6.75. The molecule has 1 amide bonds. The van der Waals surface area contributed by atoms with E-state index in [4.69, 9.17) is 5.11 Å². The van der Waals surface area contributed by atoms with Crippen LogP contribution in [0.15, 0.2) is 33.8 Å². The number of aromatic nitrogens is 2. The van der Waals surface area contributed by atoms with Crippen molar-refractivity contribution in [2.24, 2.45) is 7.05 Å². The van der Waals surface area contributed by atoms with Gasteiger partial charge in [-0.25, -0.2) is 4.79 Å². The van der Waals surface area contributed by atoms with Crippen molar-refractivity contribution in [1.82, 2.24) is 5.27 Å². The Bertz CT molecular complexity index is 666. The summed E-state index contributed by atoms with van der Waals surface area (Å²) in [6, 6.07) is 5.88. The molecule has 0 bridgehead atoms. The van der Waals surface area contributed by atoms with Crippen molar-refractivity contribution < 1.29 is 29.0 Å². The Hall–Kier alpha value is -2.55. The average Bonchev–Trinajstić information content (AvgIpc) is 2.76. The number of amides is 1. The van der Waals surface area contributed by atoms with E-state index in [1.165, 1.54) is 29.9 Å². The summed E-state index contributed by atoms with van der Waals surface area (Å²) in [5.74, 6) is -2.08. The normalized spacial score (nSPS) is 10.3. The first-order chi connectivity index (χ1) is 9.97. The molecule has 0 aliphatic heterocycles. The van der Waals surface area contributed by atoms with Crippen molar-refractivity contribution in [3.05, 3.63) is 29.8 Å². The zero-order chi connectivity index (χ0) is 15.4. The number of hydrogen-bond donors (Lipinski definition) is 2. The zero-order valence-electron chi connectivity index (χ0n) is 10.9. The van der Waals surface area contributed by atoms with Gasteiger partial charge < -0.3 is 20.1 Å². The van der Waals surface area contributed by atoms with Gasteiger partial charge in [0.2, 0.25) is 5.91 Å². The zero-order valence-corrected chi connectivity index (χ0v) is 11.7. The van der Waals surface area contributed by atoms with Crippen LogP contribution < -0.4 is 15.1 Å². The van der Waals surface area contributed by atoms with Crippen LogP contribution in [0, 0.1) is 0 Å². The van der Waals surface area contributed by atoms with Gasteiger partial charge in [0, 0.05) is 5.69 Å². The summed E-state index contributed by atoms with van der Waals surface area (Å²) in [5.41, 5.74) is 0.449. The molecule has 8 nitrogen and oxygen atoms in total. The molecule has 2 rings (SSSR count). The van der Waals surface area contributed by atoms with Gasteiger partial charge in [-0.2, -0.15) is 0 Å². The van der Waals surface area contributed by atoms with Gasteiger partial charge >= 0.3 is 5.97 Å². The largest absolute Gasteiger partial charge is 0.538 e. The number of thioether (sulfide) groups is 1. The number of aromatic carboxylic acids is 1. The number of carbonyl (C=O) groups excluding carboxylic acids is 1. The minimum Gasteiger partial charge on any atom is -0.538 e. The minimum atomic E-state index is -1.08. The standard InChI is InChI=1S/C12H11N3O5S/c1-15-10(12(19)20-14-15)21-6-9(16)13-8-4-2-3-7(5-8)11(17)18/h2-5H,6H2,1H3,(H2-,13,14,16,17,18,19). The number of benzene rings is 1. The van der Waals surface area contributed by atoms with Crippen molar-refractivity contribution in [3.63, 3.8) is 0 Å². The van der Waals surface area contributed by atoms with E-state index in [9.17, 15) is 14.7 Å². The summed E-state index contributed by atoms with van der Waals surface area (Å²) >= 11 is 0.984. The molecular weight excluding hydrogens is 298 g/mol. The van der Waals surface area contributed by atoms with Crippen LogP contribution in [-0.4, -0.2) is 28.0 Å². The molecule has 9 heteroatoms. The maximum atomic E-state index is 11.8. The lowest BCUT2D eigenvalue weighted by Gasteiger charge is -2.05. The third kappa shape index (κ3) is 3.72. The minimum absolute atomic E-state index is 0.0262. The van der Waals surface area contributed by atoms with Gasteiger partial charge in [-0.05, 0) is 30.0 Å². The van der Waals surface area contributed by atoms with E-state index in [-0.39, 0.29) is 22.2 Å². The lowest BCUT2D eigenvalue weighted by molar-refractivity contribution is -0.772. The quantitative estimate of drug-likeness (QED) is 0.589. The molecule has 2 aromatic rings. The third-order valence-corrected chi connectivity index (χ3v) is 3.56. The number of rotatable bonds is 5. The summed E-state index contributed by atoms with van der Waals surface area (Å²) in [4.78, 5) is 22.6. The van der Waals surface area contributed by atoms with Gasteiger partial charge in [0.05, 0.1) is 16.6 Å². The van der Waals surface area contributed by atoms with E-state index < -0.39 is 11.9 Å². The Morgan fingerprint density at radius 1 is 1.52 bits per heavy atom. The highest BCUT2D eigenvalue weighted by molar-refractivity contribution is 7.99. The van der Waals surface area contributed by atoms with Gasteiger partial charge in [-0.3, -0.25) is 4.79 Å². The number of carboxylic acids is 1. The number of nitrogens with zero attached hydrogens (tertiary/aromatic N) is 2. The van der Waals surface area contributed by atoms with Crippen LogP contribution >= 0.6 is 11.8 Å². The molecule has 1 aromatic carbocycles. The summed E-state index contributed by atoms with van der Waals surface area (Å²) in [5, 5.41) is 26.3. The van der Waals surface area contributed by atoms with Gasteiger partial charge in [-0.1, -0.05) is 10.7 Å². The molecule has 0 unspecified atom stereocenters. The van der Waals surface area contributed by atoms with Crippen LogP contribution in [0.5, 0.6) is 5.95 Å². The SMILES string of the molecule is C[n+]1noc([O-])c1SCC(=O)Nc1cccc(C(=O)O)c1. The average molecular weight is 309 g/mol. The molecule has 1 aromatic heterocycles. The lowest BCUT2D eigenvalue weighted by atomic mass is 10.2. The van der Waals surface area contributed by atoms with Gasteiger partial charge in [0.25, 0.3) is 5.03 Å². The van der Waals surface area contributed by atoms with E-state index >= 15 is 0 Å². The van der Waals surface area contributed by atoms with Crippen molar-refractivity contribution in [1.29, 1.82) is 0 Å². The van der Waals surface area contributed by atoms with Crippen LogP contribution in [-0.2, 0) is 11.8 Å². The Labute approximate surface area is 123 Å². The Morgan fingerprint density at radius 3 is 2.90 bits per heavy atom. The molecule has 21 heavy (non-hydrogen) atoms. The van der Waals surface area contributed by atoms with Gasteiger partial charge in [0.15, 0.2) is 13.0 Å². The molecule has 0 saturated carbocycles. The number of carboxylic acid groups (broad SMARTS) is 1. The van der Waals surface area contributed by atoms with Crippen molar-refractivity contribution in [2.45, 2.75) is 5.03 Å². The molecule has 0 spiro atoms. The molecule has 0 atom stereocenters. The second kappa shape index (κ2) is 6.27. The summed E-state index contributed by atoms with van der Waals surface area (Å²) in [7, 11) is 1.53. The molecule has 0 aliphatic carbocycles. The van der Waals surface area contributed by atoms with Crippen molar-refractivity contribution in [2.75, 3.05) is 11.1 Å². The number of hydrogen-bond acceptors (Lipinski definition) is 6. The number of anilines is 1. The molecule has 1 heterocycles. The Balaban J connectivity index is 1.96. The number of aryl methyl sites for hydroxylation is 1. The van der Waals surface area contributed by atoms with Gasteiger partial charge in [-0.15, -0.1) is 0 Å². The molecule has 0 radical (unpaired) electrons. The molecule has 0 saturated heterocycles. The predicted octanol–water partition coefficient (Wildman–Crippen LogP) is 0.00170. The topological polar surface area (TPSA) is 119 Å². The Morgan fingerprint density at radius 2 is 2.29 bits per heavy atom. The predicted molar refractivity (Wildman–Crippen MR) is 69.9 cm³/mol. The highest BCUT2D eigenvalue weighted by Gasteiger charge is 2.16. The van der Waals surface area contributed by atoms with Crippen LogP contribution in [0.4, 0.5) is 5.69 Å². The fourth-order valence-corrected chi connectivity index (χ4v) is 2.24. The monoisotopic (exact) mass is 309 g/mol. The summed E-state index contributed by atoms with van der Waals surface area (Å²) < 4.78 is 5.67. The van der Waals surface area contributed by atoms with Crippen molar-refractivity contribution in [3.8, 4) is 5.95 Å². The second-order valence-electron chi connectivity index (χ2n) is 4.01. The van der Waals surface area contributed by atoms with E-state index in [2.05, 4.69) is 15.1 Å². The smallest absolute Gasteiger partial charge is 0.335 e. The summed E-state index contributed by atoms with van der Waals surface area (Å²) in [6.45, 7) is 0.